The second kappa shape index (κ2) is 11.6. The van der Waals surface area contributed by atoms with Crippen molar-refractivity contribution in [2.24, 2.45) is 5.92 Å². The number of imide groups is 1. The summed E-state index contributed by atoms with van der Waals surface area (Å²) in [6.45, 7) is 3.77. The van der Waals surface area contributed by atoms with Crippen LogP contribution >= 0.6 is 34.7 Å². The number of nitrogens with one attached hydrogen (secondary N) is 1. The lowest BCUT2D eigenvalue weighted by atomic mass is 9.83. The first-order valence-corrected chi connectivity index (χ1v) is 15.6. The number of hydrogen-bond donors (Lipinski definition) is 2. The number of anilines is 2. The molecule has 2 N–H and O–H groups in total. The van der Waals surface area contributed by atoms with E-state index in [1.807, 2.05) is 19.1 Å². The Bertz CT molecular complexity index is 1800. The van der Waals surface area contributed by atoms with Crippen molar-refractivity contribution in [1.29, 1.82) is 0 Å². The molecule has 0 spiro atoms. The molecule has 3 amide bonds. The number of benzene rings is 3. The zero-order valence-corrected chi connectivity index (χ0v) is 25.5. The van der Waals surface area contributed by atoms with Crippen molar-refractivity contribution in [3.05, 3.63) is 97.4 Å². The third-order valence-electron chi connectivity index (χ3n) is 7.41. The molecule has 0 aliphatic carbocycles. The van der Waals surface area contributed by atoms with Crippen LogP contribution in [0.2, 0.25) is 5.02 Å². The van der Waals surface area contributed by atoms with Crippen molar-refractivity contribution in [3.8, 4) is 11.5 Å². The molecule has 12 heteroatoms. The van der Waals surface area contributed by atoms with Crippen molar-refractivity contribution >= 4 is 63.8 Å². The van der Waals surface area contributed by atoms with E-state index in [2.05, 4.69) is 5.32 Å². The standard InChI is InChI=1S/C31H26ClN3O6S2/c1-3-41-22-14-17(6-13-21(22)36)24-25-26(29(39)35(28(25)38)20-11-7-18(32)8-12-20)42-30-27(24)43-31(40)34(30)15-23(37)33-19-9-4-16(2)5-10-19/h4-14,24-26,36H,3,15H2,1-2H3,(H,33,37)/t24-,25+,26-/m0/s1. The average molecular weight is 636 g/mol. The Morgan fingerprint density at radius 2 is 1.74 bits per heavy atom. The molecule has 6 rings (SSSR count). The van der Waals surface area contributed by atoms with E-state index in [1.54, 1.807) is 55.5 Å². The van der Waals surface area contributed by atoms with E-state index in [-0.39, 0.29) is 22.9 Å². The molecular formula is C31H26ClN3O6S2. The molecule has 220 valence electrons. The third kappa shape index (κ3) is 5.32. The topological polar surface area (TPSA) is 118 Å². The van der Waals surface area contributed by atoms with Gasteiger partial charge in [0.1, 0.15) is 11.8 Å². The number of amides is 3. The molecule has 3 aromatic carbocycles. The highest BCUT2D eigenvalue weighted by Crippen LogP contribution is 2.54. The summed E-state index contributed by atoms with van der Waals surface area (Å²) < 4.78 is 6.98. The fourth-order valence-electron chi connectivity index (χ4n) is 5.44. The number of carbonyl (C=O) groups excluding carboxylic acids is 3. The summed E-state index contributed by atoms with van der Waals surface area (Å²) in [6.07, 6.45) is 0. The molecule has 1 aromatic heterocycles. The van der Waals surface area contributed by atoms with E-state index < -0.39 is 34.8 Å². The maximum Gasteiger partial charge on any atom is 0.308 e. The first kappa shape index (κ1) is 29.0. The van der Waals surface area contributed by atoms with Crippen LogP contribution in [-0.4, -0.2) is 39.3 Å². The predicted octanol–water partition coefficient (Wildman–Crippen LogP) is 5.41. The first-order valence-electron chi connectivity index (χ1n) is 13.5. The number of aryl methyl sites for hydroxylation is 1. The maximum atomic E-state index is 14.0. The second-order valence-corrected chi connectivity index (χ2v) is 12.8. The fourth-order valence-corrected chi connectivity index (χ4v) is 8.33. The summed E-state index contributed by atoms with van der Waals surface area (Å²) >= 11 is 8.14. The molecule has 0 bridgehead atoms. The van der Waals surface area contributed by atoms with Crippen LogP contribution < -0.4 is 19.8 Å². The van der Waals surface area contributed by atoms with E-state index >= 15 is 0 Å². The van der Waals surface area contributed by atoms with Gasteiger partial charge in [0.2, 0.25) is 17.7 Å². The smallest absolute Gasteiger partial charge is 0.308 e. The van der Waals surface area contributed by atoms with Crippen LogP contribution in [0.3, 0.4) is 0 Å². The summed E-state index contributed by atoms with van der Waals surface area (Å²) in [5.41, 5.74) is 2.64. The minimum absolute atomic E-state index is 0.0669. The van der Waals surface area contributed by atoms with E-state index in [9.17, 15) is 24.3 Å². The zero-order chi connectivity index (χ0) is 30.4. The number of phenolic OH excluding ortho intramolecular Hbond substituents is 1. The van der Waals surface area contributed by atoms with E-state index in [0.29, 0.717) is 38.5 Å². The number of phenols is 1. The van der Waals surface area contributed by atoms with Gasteiger partial charge in [-0.15, -0.1) is 0 Å². The number of rotatable bonds is 7. The lowest BCUT2D eigenvalue weighted by molar-refractivity contribution is -0.122. The SMILES string of the molecule is CCOc1cc([C@@H]2c3sc(=O)n(CC(=O)Nc4ccc(C)cc4)c3S[C@@H]3C(=O)N(c4ccc(Cl)cc4)C(=O)[C@H]23)ccc1O. The van der Waals surface area contributed by atoms with Gasteiger partial charge in [0.15, 0.2) is 11.5 Å². The highest BCUT2D eigenvalue weighted by molar-refractivity contribution is 8.00. The minimum Gasteiger partial charge on any atom is -0.504 e. The number of thioether (sulfide) groups is 1. The third-order valence-corrected chi connectivity index (χ3v) is 10.3. The van der Waals surface area contributed by atoms with Crippen LogP contribution in [0.1, 0.15) is 28.8 Å². The molecule has 0 unspecified atom stereocenters. The molecular weight excluding hydrogens is 610 g/mol. The Balaban J connectivity index is 1.43. The lowest BCUT2D eigenvalue weighted by Gasteiger charge is -2.31. The fraction of sp³-hybridized carbons (Fsp3) is 0.226. The molecule has 43 heavy (non-hydrogen) atoms. The van der Waals surface area contributed by atoms with Gasteiger partial charge in [0.25, 0.3) is 0 Å². The van der Waals surface area contributed by atoms with Gasteiger partial charge in [-0.3, -0.25) is 23.7 Å². The molecule has 4 aromatic rings. The average Bonchev–Trinajstić information content (AvgIpc) is 3.42. The Labute approximate surface area is 260 Å². The van der Waals surface area contributed by atoms with E-state index in [1.165, 1.54) is 15.5 Å². The van der Waals surface area contributed by atoms with Crippen molar-refractivity contribution in [2.45, 2.75) is 36.6 Å². The molecule has 3 heterocycles. The number of carbonyl (C=O) groups is 3. The molecule has 1 fully saturated rings. The maximum absolute atomic E-state index is 14.0. The molecule has 9 nitrogen and oxygen atoms in total. The predicted molar refractivity (Wildman–Crippen MR) is 167 cm³/mol. The van der Waals surface area contributed by atoms with Crippen LogP contribution in [0.4, 0.5) is 11.4 Å². The van der Waals surface area contributed by atoms with Crippen molar-refractivity contribution in [2.75, 3.05) is 16.8 Å². The summed E-state index contributed by atoms with van der Waals surface area (Å²) in [4.78, 5) is 55.7. The second-order valence-electron chi connectivity index (χ2n) is 10.2. The highest BCUT2D eigenvalue weighted by Gasteiger charge is 2.57. The van der Waals surface area contributed by atoms with Gasteiger partial charge in [0, 0.05) is 21.5 Å². The molecule has 2 aliphatic heterocycles. The number of aromatic hydroxyl groups is 1. The number of halogens is 1. The Morgan fingerprint density at radius 3 is 2.44 bits per heavy atom. The van der Waals surface area contributed by atoms with Crippen LogP contribution in [0.15, 0.2) is 76.6 Å². The van der Waals surface area contributed by atoms with Gasteiger partial charge in [-0.25, -0.2) is 4.90 Å². The Hall–Kier alpha value is -4.06. The molecule has 0 radical (unpaired) electrons. The minimum atomic E-state index is -0.856. The van der Waals surface area contributed by atoms with Crippen molar-refractivity contribution < 1.29 is 24.2 Å². The first-order chi connectivity index (χ1) is 20.7. The summed E-state index contributed by atoms with van der Waals surface area (Å²) in [7, 11) is 0. The normalized spacial score (nSPS) is 19.2. The molecule has 0 saturated carbocycles. The van der Waals surface area contributed by atoms with Gasteiger partial charge < -0.3 is 15.2 Å². The number of hydrogen-bond acceptors (Lipinski definition) is 8. The number of thiazole rings is 1. The Kier molecular flexibility index (Phi) is 7.80. The number of nitrogens with zero attached hydrogens (tertiary/aromatic N) is 2. The lowest BCUT2D eigenvalue weighted by Crippen LogP contribution is -2.33. The highest BCUT2D eigenvalue weighted by atomic mass is 35.5. The monoisotopic (exact) mass is 635 g/mol. The molecule has 1 saturated heterocycles. The van der Waals surface area contributed by atoms with Gasteiger partial charge in [-0.2, -0.15) is 0 Å². The quantitative estimate of drug-likeness (QED) is 0.261. The molecule has 2 aliphatic rings. The Morgan fingerprint density at radius 1 is 1.02 bits per heavy atom. The van der Waals surface area contributed by atoms with E-state index in [4.69, 9.17) is 16.3 Å². The largest absolute Gasteiger partial charge is 0.504 e. The van der Waals surface area contributed by atoms with Gasteiger partial charge in [0.05, 0.1) is 23.2 Å². The van der Waals surface area contributed by atoms with Gasteiger partial charge >= 0.3 is 4.87 Å². The number of fused-ring (bicyclic) bond motifs is 2. The van der Waals surface area contributed by atoms with Crippen molar-refractivity contribution in [3.63, 3.8) is 0 Å². The molecule has 3 atom stereocenters. The zero-order valence-electron chi connectivity index (χ0n) is 23.1. The summed E-state index contributed by atoms with van der Waals surface area (Å²) in [5, 5.41) is 13.3. The van der Waals surface area contributed by atoms with Gasteiger partial charge in [-0.1, -0.05) is 58.5 Å². The van der Waals surface area contributed by atoms with Crippen LogP contribution in [0.5, 0.6) is 11.5 Å². The summed E-state index contributed by atoms with van der Waals surface area (Å²) in [6, 6.07) is 18.5. The van der Waals surface area contributed by atoms with Crippen molar-refractivity contribution in [1.82, 2.24) is 4.57 Å². The van der Waals surface area contributed by atoms with Gasteiger partial charge in [-0.05, 0) is 67.9 Å². The van der Waals surface area contributed by atoms with E-state index in [0.717, 1.165) is 28.7 Å². The van der Waals surface area contributed by atoms with Crippen LogP contribution in [-0.2, 0) is 20.9 Å². The number of aromatic nitrogens is 1. The van der Waals surface area contributed by atoms with Crippen LogP contribution in [0.25, 0.3) is 0 Å². The number of ether oxygens (including phenoxy) is 1. The van der Waals surface area contributed by atoms with Crippen LogP contribution in [0, 0.1) is 12.8 Å². The summed E-state index contributed by atoms with van der Waals surface area (Å²) in [5.74, 6) is -2.60.